The van der Waals surface area contributed by atoms with E-state index in [1.165, 1.54) is 27.7 Å². The normalized spacial score (nSPS) is 16.6. The molecule has 1 unspecified atom stereocenters. The van der Waals surface area contributed by atoms with E-state index in [9.17, 15) is 4.79 Å². The molecule has 3 heteroatoms. The van der Waals surface area contributed by atoms with Crippen LogP contribution in [0.25, 0.3) is 10.9 Å². The number of carbonyl (C=O) groups excluding carboxylic acids is 1. The first-order valence-electron chi connectivity index (χ1n) is 9.10. The molecule has 0 fully saturated rings. The van der Waals surface area contributed by atoms with Gasteiger partial charge in [0.2, 0.25) is 0 Å². The van der Waals surface area contributed by atoms with Gasteiger partial charge in [-0.3, -0.25) is 4.79 Å². The highest BCUT2D eigenvalue weighted by Crippen LogP contribution is 2.40. The number of aromatic nitrogens is 1. The first kappa shape index (κ1) is 15.9. The molecule has 2 aromatic carbocycles. The monoisotopic (exact) mass is 333 g/mol. The smallest absolute Gasteiger partial charge is 0.313 e. The zero-order valence-corrected chi connectivity index (χ0v) is 14.6. The van der Waals surface area contributed by atoms with E-state index in [1.54, 1.807) is 0 Å². The molecule has 0 aliphatic heterocycles. The highest BCUT2D eigenvalue weighted by atomic mass is 16.5. The number of nitrogens with zero attached hydrogens (tertiary/aromatic N) is 1. The molecule has 0 radical (unpaired) electrons. The summed E-state index contributed by atoms with van der Waals surface area (Å²) in [7, 11) is 0. The van der Waals surface area contributed by atoms with E-state index in [4.69, 9.17) is 4.74 Å². The number of esters is 1. The zero-order chi connectivity index (χ0) is 17.2. The van der Waals surface area contributed by atoms with Crippen molar-refractivity contribution >= 4 is 16.9 Å². The van der Waals surface area contributed by atoms with Gasteiger partial charge in [0.15, 0.2) is 0 Å². The summed E-state index contributed by atoms with van der Waals surface area (Å²) in [5.74, 6) is -0.211. The minimum Gasteiger partial charge on any atom is -0.466 e. The molecule has 0 amide bonds. The molecule has 0 bridgehead atoms. The number of hydrogen-bond acceptors (Lipinski definition) is 2. The number of carbonyl (C=O) groups is 1. The molecule has 4 rings (SSSR count). The van der Waals surface area contributed by atoms with Crippen LogP contribution >= 0.6 is 0 Å². The number of rotatable bonds is 4. The second-order valence-corrected chi connectivity index (χ2v) is 6.65. The first-order chi connectivity index (χ1) is 12.3. The van der Waals surface area contributed by atoms with Gasteiger partial charge in [0, 0.05) is 23.1 Å². The first-order valence-corrected chi connectivity index (χ1v) is 9.10. The Kier molecular flexibility index (Phi) is 4.31. The molecule has 128 valence electrons. The van der Waals surface area contributed by atoms with E-state index in [-0.39, 0.29) is 11.9 Å². The SMILES string of the molecule is CCOC(=O)C1CCCc2c1c1ccccc1n2Cc1ccccc1. The van der Waals surface area contributed by atoms with E-state index < -0.39 is 0 Å². The van der Waals surface area contributed by atoms with Crippen LogP contribution in [-0.4, -0.2) is 17.1 Å². The Bertz CT molecular complexity index is 895. The summed E-state index contributed by atoms with van der Waals surface area (Å²) in [4.78, 5) is 12.5. The molecule has 3 nitrogen and oxygen atoms in total. The van der Waals surface area contributed by atoms with E-state index >= 15 is 0 Å². The lowest BCUT2D eigenvalue weighted by Gasteiger charge is -2.23. The van der Waals surface area contributed by atoms with Crippen molar-refractivity contribution in [2.45, 2.75) is 38.6 Å². The number of fused-ring (bicyclic) bond motifs is 3. The number of hydrogen-bond donors (Lipinski definition) is 0. The summed E-state index contributed by atoms with van der Waals surface area (Å²) in [5.41, 5.74) is 4.99. The third-order valence-corrected chi connectivity index (χ3v) is 5.13. The molecule has 0 saturated heterocycles. The van der Waals surface area contributed by atoms with E-state index in [1.807, 2.05) is 13.0 Å². The van der Waals surface area contributed by atoms with Gasteiger partial charge in [0.25, 0.3) is 0 Å². The maximum absolute atomic E-state index is 12.5. The lowest BCUT2D eigenvalue weighted by molar-refractivity contribution is -0.145. The molecular formula is C22H23NO2. The topological polar surface area (TPSA) is 31.2 Å². The van der Waals surface area contributed by atoms with Crippen molar-refractivity contribution in [1.82, 2.24) is 4.57 Å². The van der Waals surface area contributed by atoms with Crippen LogP contribution in [0.1, 0.15) is 42.5 Å². The van der Waals surface area contributed by atoms with Gasteiger partial charge in [-0.25, -0.2) is 0 Å². The molecule has 25 heavy (non-hydrogen) atoms. The third-order valence-electron chi connectivity index (χ3n) is 5.13. The summed E-state index contributed by atoms with van der Waals surface area (Å²) >= 11 is 0. The number of para-hydroxylation sites is 1. The van der Waals surface area contributed by atoms with Crippen LogP contribution in [0.3, 0.4) is 0 Å². The highest BCUT2D eigenvalue weighted by Gasteiger charge is 2.32. The summed E-state index contributed by atoms with van der Waals surface area (Å²) in [6.45, 7) is 3.15. The largest absolute Gasteiger partial charge is 0.466 e. The van der Waals surface area contributed by atoms with Gasteiger partial charge in [0.1, 0.15) is 0 Å². The molecule has 1 aromatic heterocycles. The van der Waals surface area contributed by atoms with Gasteiger partial charge in [-0.1, -0.05) is 48.5 Å². The molecule has 0 saturated carbocycles. The van der Waals surface area contributed by atoms with Gasteiger partial charge in [0.05, 0.1) is 12.5 Å². The maximum Gasteiger partial charge on any atom is 0.313 e. The Morgan fingerprint density at radius 3 is 2.68 bits per heavy atom. The van der Waals surface area contributed by atoms with Crippen LogP contribution in [0.15, 0.2) is 54.6 Å². The maximum atomic E-state index is 12.5. The molecule has 1 aliphatic rings. The lowest BCUT2D eigenvalue weighted by atomic mass is 9.85. The van der Waals surface area contributed by atoms with Crippen LogP contribution in [0.4, 0.5) is 0 Å². The quantitative estimate of drug-likeness (QED) is 0.650. The van der Waals surface area contributed by atoms with Crippen LogP contribution in [-0.2, 0) is 22.5 Å². The van der Waals surface area contributed by atoms with E-state index in [2.05, 4.69) is 53.1 Å². The van der Waals surface area contributed by atoms with Gasteiger partial charge >= 0.3 is 5.97 Å². The molecule has 1 aliphatic carbocycles. The van der Waals surface area contributed by atoms with Crippen molar-refractivity contribution in [2.75, 3.05) is 6.61 Å². The fourth-order valence-electron chi connectivity index (χ4n) is 4.08. The van der Waals surface area contributed by atoms with E-state index in [0.29, 0.717) is 6.61 Å². The summed E-state index contributed by atoms with van der Waals surface area (Å²) < 4.78 is 7.76. The van der Waals surface area contributed by atoms with Crippen molar-refractivity contribution in [2.24, 2.45) is 0 Å². The van der Waals surface area contributed by atoms with Crippen LogP contribution in [0.5, 0.6) is 0 Å². The minimum atomic E-state index is -0.134. The second kappa shape index (κ2) is 6.75. The zero-order valence-electron chi connectivity index (χ0n) is 14.6. The summed E-state index contributed by atoms with van der Waals surface area (Å²) in [6, 6.07) is 19.0. The van der Waals surface area contributed by atoms with Gasteiger partial charge in [-0.15, -0.1) is 0 Å². The van der Waals surface area contributed by atoms with E-state index in [0.717, 1.165) is 25.8 Å². The Morgan fingerprint density at radius 2 is 1.88 bits per heavy atom. The fraction of sp³-hybridized carbons (Fsp3) is 0.318. The fourth-order valence-corrected chi connectivity index (χ4v) is 4.08. The Labute approximate surface area is 148 Å². The molecule has 0 spiro atoms. The number of ether oxygens (including phenoxy) is 1. The Morgan fingerprint density at radius 1 is 1.12 bits per heavy atom. The highest BCUT2D eigenvalue weighted by molar-refractivity contribution is 5.92. The molecule has 1 heterocycles. The van der Waals surface area contributed by atoms with Crippen LogP contribution < -0.4 is 0 Å². The lowest BCUT2D eigenvalue weighted by Crippen LogP contribution is -2.21. The van der Waals surface area contributed by atoms with Crippen LogP contribution in [0, 0.1) is 0 Å². The molecule has 1 atom stereocenters. The van der Waals surface area contributed by atoms with Crippen molar-refractivity contribution in [3.63, 3.8) is 0 Å². The number of benzene rings is 2. The van der Waals surface area contributed by atoms with Crippen molar-refractivity contribution in [3.8, 4) is 0 Å². The average molecular weight is 333 g/mol. The molecular weight excluding hydrogens is 310 g/mol. The molecule has 3 aromatic rings. The molecule has 0 N–H and O–H groups in total. The predicted octanol–water partition coefficient (Wildman–Crippen LogP) is 4.67. The third kappa shape index (κ3) is 2.84. The van der Waals surface area contributed by atoms with Gasteiger partial charge in [-0.05, 0) is 43.4 Å². The predicted molar refractivity (Wildman–Crippen MR) is 99.8 cm³/mol. The van der Waals surface area contributed by atoms with Gasteiger partial charge < -0.3 is 9.30 Å². The average Bonchev–Trinajstić information content (AvgIpc) is 2.97. The Hall–Kier alpha value is -2.55. The standard InChI is InChI=1S/C22H23NO2/c1-2-25-22(24)18-12-8-14-20-21(18)17-11-6-7-13-19(17)23(20)15-16-9-4-3-5-10-16/h3-7,9-11,13,18H,2,8,12,14-15H2,1H3. The summed E-state index contributed by atoms with van der Waals surface area (Å²) in [5, 5.41) is 1.20. The Balaban J connectivity index is 1.86. The van der Waals surface area contributed by atoms with Crippen LogP contribution in [0.2, 0.25) is 0 Å². The van der Waals surface area contributed by atoms with Crippen molar-refractivity contribution in [3.05, 3.63) is 71.4 Å². The minimum absolute atomic E-state index is 0.0777. The second-order valence-electron chi connectivity index (χ2n) is 6.65. The van der Waals surface area contributed by atoms with Crippen molar-refractivity contribution < 1.29 is 9.53 Å². The van der Waals surface area contributed by atoms with Crippen molar-refractivity contribution in [1.29, 1.82) is 0 Å². The summed E-state index contributed by atoms with van der Waals surface area (Å²) in [6.07, 6.45) is 2.93. The van der Waals surface area contributed by atoms with Gasteiger partial charge in [-0.2, -0.15) is 0 Å².